The van der Waals surface area contributed by atoms with Gasteiger partial charge in [0.05, 0.1) is 12.5 Å². The molecule has 0 unspecified atom stereocenters. The minimum atomic E-state index is 0.961. The van der Waals surface area contributed by atoms with E-state index in [0.717, 1.165) is 25.2 Å². The first-order valence-electron chi connectivity index (χ1n) is 5.66. The molecule has 3 nitrogen and oxygen atoms in total. The molecule has 2 rings (SSSR count). The van der Waals surface area contributed by atoms with Crippen LogP contribution in [-0.2, 0) is 17.8 Å². The fraction of sp³-hybridized carbons (Fsp3) is 0.385. The third-order valence-corrected chi connectivity index (χ3v) is 2.75. The van der Waals surface area contributed by atoms with Gasteiger partial charge in [0.1, 0.15) is 0 Å². The van der Waals surface area contributed by atoms with Gasteiger partial charge >= 0.3 is 0 Å². The van der Waals surface area contributed by atoms with E-state index in [9.17, 15) is 0 Å². The Morgan fingerprint density at radius 2 is 2.38 bits per heavy atom. The smallest absolute Gasteiger partial charge is 0.0951 e. The van der Waals surface area contributed by atoms with Gasteiger partial charge in [-0.2, -0.15) is 0 Å². The quantitative estimate of drug-likeness (QED) is 0.789. The van der Waals surface area contributed by atoms with Crippen LogP contribution >= 0.6 is 0 Å². The van der Waals surface area contributed by atoms with E-state index in [2.05, 4.69) is 28.9 Å². The van der Waals surface area contributed by atoms with E-state index in [1.165, 1.54) is 11.4 Å². The SMILES string of the molecule is C/C=C\O/C=C(\C)c1ccc2n1CCNC2. The normalized spacial score (nSPS) is 16.5. The van der Waals surface area contributed by atoms with Gasteiger partial charge in [-0.25, -0.2) is 0 Å². The molecule has 0 aliphatic carbocycles. The molecule has 0 fully saturated rings. The molecule has 0 amide bonds. The molecule has 1 aromatic rings. The third kappa shape index (κ3) is 2.19. The van der Waals surface area contributed by atoms with Gasteiger partial charge in [0.25, 0.3) is 0 Å². The van der Waals surface area contributed by atoms with Crippen molar-refractivity contribution in [2.45, 2.75) is 26.9 Å². The van der Waals surface area contributed by atoms with Crippen LogP contribution in [0.25, 0.3) is 5.57 Å². The third-order valence-electron chi connectivity index (χ3n) is 2.75. The molecule has 2 heterocycles. The van der Waals surface area contributed by atoms with E-state index in [4.69, 9.17) is 4.74 Å². The number of fused-ring (bicyclic) bond motifs is 1. The number of aromatic nitrogens is 1. The van der Waals surface area contributed by atoms with Crippen molar-refractivity contribution in [3.63, 3.8) is 0 Å². The summed E-state index contributed by atoms with van der Waals surface area (Å²) in [5, 5.41) is 3.36. The van der Waals surface area contributed by atoms with Crippen molar-refractivity contribution in [1.82, 2.24) is 9.88 Å². The highest BCUT2D eigenvalue weighted by molar-refractivity contribution is 5.61. The maximum atomic E-state index is 5.29. The zero-order valence-electron chi connectivity index (χ0n) is 9.86. The van der Waals surface area contributed by atoms with Crippen LogP contribution in [0.1, 0.15) is 25.2 Å². The zero-order chi connectivity index (χ0) is 11.4. The summed E-state index contributed by atoms with van der Waals surface area (Å²) < 4.78 is 7.64. The minimum absolute atomic E-state index is 0.961. The molecule has 3 heteroatoms. The predicted molar refractivity (Wildman–Crippen MR) is 65.7 cm³/mol. The van der Waals surface area contributed by atoms with Crippen molar-refractivity contribution in [1.29, 1.82) is 0 Å². The Kier molecular flexibility index (Phi) is 3.47. The Labute approximate surface area is 96.4 Å². The van der Waals surface area contributed by atoms with Gasteiger partial charge in [0.15, 0.2) is 0 Å². The summed E-state index contributed by atoms with van der Waals surface area (Å²) in [5.74, 6) is 0. The Balaban J connectivity index is 2.20. The second-order valence-corrected chi connectivity index (χ2v) is 3.94. The molecule has 0 bridgehead atoms. The largest absolute Gasteiger partial charge is 0.473 e. The molecule has 1 aliphatic rings. The average molecular weight is 218 g/mol. The minimum Gasteiger partial charge on any atom is -0.473 e. The molecule has 0 aromatic carbocycles. The number of allylic oxidation sites excluding steroid dienone is 2. The van der Waals surface area contributed by atoms with Gasteiger partial charge in [0, 0.05) is 36.6 Å². The number of nitrogens with zero attached hydrogens (tertiary/aromatic N) is 1. The lowest BCUT2D eigenvalue weighted by molar-refractivity contribution is 0.403. The zero-order valence-corrected chi connectivity index (χ0v) is 9.86. The molecule has 0 radical (unpaired) electrons. The molecule has 86 valence electrons. The fourth-order valence-corrected chi connectivity index (χ4v) is 1.96. The van der Waals surface area contributed by atoms with Gasteiger partial charge < -0.3 is 14.6 Å². The van der Waals surface area contributed by atoms with E-state index < -0.39 is 0 Å². The molecular formula is C13H18N2O. The Hall–Kier alpha value is -1.48. The van der Waals surface area contributed by atoms with Gasteiger partial charge in [-0.15, -0.1) is 0 Å². The van der Waals surface area contributed by atoms with Crippen molar-refractivity contribution in [2.24, 2.45) is 0 Å². The molecule has 16 heavy (non-hydrogen) atoms. The second-order valence-electron chi connectivity index (χ2n) is 3.94. The highest BCUT2D eigenvalue weighted by Crippen LogP contribution is 2.19. The standard InChI is InChI=1S/C13H18N2O/c1-3-8-16-10-11(2)13-5-4-12-9-14-6-7-15(12)13/h3-5,8,10,14H,6-7,9H2,1-2H3/b8-3-,11-10+. The summed E-state index contributed by atoms with van der Waals surface area (Å²) in [6, 6.07) is 4.34. The number of rotatable bonds is 3. The summed E-state index contributed by atoms with van der Waals surface area (Å²) >= 11 is 0. The van der Waals surface area contributed by atoms with Crippen LogP contribution in [0.2, 0.25) is 0 Å². The lowest BCUT2D eigenvalue weighted by Gasteiger charge is -2.19. The Morgan fingerprint density at radius 3 is 3.19 bits per heavy atom. The highest BCUT2D eigenvalue weighted by Gasteiger charge is 2.12. The van der Waals surface area contributed by atoms with Crippen molar-refractivity contribution < 1.29 is 4.74 Å². The van der Waals surface area contributed by atoms with Gasteiger partial charge in [-0.3, -0.25) is 0 Å². The van der Waals surface area contributed by atoms with Gasteiger partial charge in [0.2, 0.25) is 0 Å². The molecule has 1 aliphatic heterocycles. The molecule has 0 atom stereocenters. The molecule has 1 N–H and O–H groups in total. The molecule has 0 saturated carbocycles. The van der Waals surface area contributed by atoms with E-state index >= 15 is 0 Å². The summed E-state index contributed by atoms with van der Waals surface area (Å²) in [6.45, 7) is 7.05. The van der Waals surface area contributed by atoms with Crippen LogP contribution in [0.3, 0.4) is 0 Å². The highest BCUT2D eigenvalue weighted by atomic mass is 16.5. The Bertz CT molecular complexity index is 416. The van der Waals surface area contributed by atoms with Crippen molar-refractivity contribution in [2.75, 3.05) is 6.54 Å². The number of ether oxygens (including phenoxy) is 1. The van der Waals surface area contributed by atoms with Gasteiger partial charge in [-0.05, 0) is 26.0 Å². The first-order chi connectivity index (χ1) is 7.83. The molecule has 0 saturated heterocycles. The van der Waals surface area contributed by atoms with E-state index in [1.54, 1.807) is 12.5 Å². The first-order valence-corrected chi connectivity index (χ1v) is 5.66. The predicted octanol–water partition coefficient (Wildman–Crippen LogP) is 2.50. The van der Waals surface area contributed by atoms with Gasteiger partial charge in [-0.1, -0.05) is 6.08 Å². The summed E-state index contributed by atoms with van der Waals surface area (Å²) in [5.41, 5.74) is 3.76. The first kappa shape index (κ1) is 11.0. The molecule has 1 aromatic heterocycles. The van der Waals surface area contributed by atoms with E-state index in [1.807, 2.05) is 13.0 Å². The van der Waals surface area contributed by atoms with Crippen molar-refractivity contribution >= 4 is 5.57 Å². The lowest BCUT2D eigenvalue weighted by atomic mass is 10.2. The average Bonchev–Trinajstić information content (AvgIpc) is 2.73. The summed E-state index contributed by atoms with van der Waals surface area (Å²) in [7, 11) is 0. The summed E-state index contributed by atoms with van der Waals surface area (Å²) in [4.78, 5) is 0. The maximum absolute atomic E-state index is 5.29. The van der Waals surface area contributed by atoms with Crippen LogP contribution in [0.4, 0.5) is 0 Å². The molecular weight excluding hydrogens is 200 g/mol. The van der Waals surface area contributed by atoms with Crippen LogP contribution in [0, 0.1) is 0 Å². The van der Waals surface area contributed by atoms with Crippen LogP contribution in [0.5, 0.6) is 0 Å². The van der Waals surface area contributed by atoms with Crippen molar-refractivity contribution in [3.05, 3.63) is 42.1 Å². The number of nitrogens with one attached hydrogen (secondary N) is 1. The fourth-order valence-electron chi connectivity index (χ4n) is 1.96. The molecule has 0 spiro atoms. The second kappa shape index (κ2) is 5.03. The summed E-state index contributed by atoms with van der Waals surface area (Å²) in [6.07, 6.45) is 5.36. The Morgan fingerprint density at radius 1 is 1.50 bits per heavy atom. The maximum Gasteiger partial charge on any atom is 0.0951 e. The number of hydrogen-bond donors (Lipinski definition) is 1. The van der Waals surface area contributed by atoms with Crippen molar-refractivity contribution in [3.8, 4) is 0 Å². The van der Waals surface area contributed by atoms with Crippen LogP contribution < -0.4 is 5.32 Å². The van der Waals surface area contributed by atoms with Crippen LogP contribution in [0.15, 0.2) is 30.7 Å². The monoisotopic (exact) mass is 218 g/mol. The van der Waals surface area contributed by atoms with E-state index in [0.29, 0.717) is 0 Å². The van der Waals surface area contributed by atoms with E-state index in [-0.39, 0.29) is 0 Å². The number of hydrogen-bond acceptors (Lipinski definition) is 2. The lowest BCUT2D eigenvalue weighted by Crippen LogP contribution is -2.28. The topological polar surface area (TPSA) is 26.2 Å². The van der Waals surface area contributed by atoms with Crippen LogP contribution in [-0.4, -0.2) is 11.1 Å².